The molecule has 2 rings (SSSR count). The second kappa shape index (κ2) is 6.30. The molecule has 0 spiro atoms. The normalized spacial score (nSPS) is 10.8. The summed E-state index contributed by atoms with van der Waals surface area (Å²) >= 11 is 0. The van der Waals surface area contributed by atoms with Crippen molar-refractivity contribution in [2.75, 3.05) is 7.11 Å². The fourth-order valence-electron chi connectivity index (χ4n) is 1.77. The molecule has 0 saturated carbocycles. The summed E-state index contributed by atoms with van der Waals surface area (Å²) in [5.41, 5.74) is 0.722. The van der Waals surface area contributed by atoms with E-state index in [1.165, 1.54) is 18.3 Å². The summed E-state index contributed by atoms with van der Waals surface area (Å²) in [4.78, 5) is 14.4. The highest BCUT2D eigenvalue weighted by atomic mass is 16.6. The van der Waals surface area contributed by atoms with Crippen LogP contribution in [0.4, 0.5) is 5.69 Å². The zero-order valence-electron chi connectivity index (χ0n) is 11.2. The molecule has 0 N–H and O–H groups in total. The number of ether oxygens (including phenoxy) is 1. The van der Waals surface area contributed by atoms with Gasteiger partial charge < -0.3 is 4.74 Å². The van der Waals surface area contributed by atoms with Gasteiger partial charge in [0.1, 0.15) is 11.8 Å². The molecule has 104 valence electrons. The summed E-state index contributed by atoms with van der Waals surface area (Å²) in [5.74, 6) is 0.689. The molecule has 0 saturated heterocycles. The van der Waals surface area contributed by atoms with Crippen LogP contribution in [0.5, 0.6) is 5.75 Å². The zero-order valence-corrected chi connectivity index (χ0v) is 11.2. The Balaban J connectivity index is 2.46. The molecule has 2 aromatic rings. The van der Waals surface area contributed by atoms with Gasteiger partial charge in [-0.25, -0.2) is 4.98 Å². The molecule has 0 aliphatic carbocycles. The lowest BCUT2D eigenvalue weighted by atomic mass is 10.1. The fourth-order valence-corrected chi connectivity index (χ4v) is 1.77. The van der Waals surface area contributed by atoms with Gasteiger partial charge in [-0.2, -0.15) is 5.26 Å². The van der Waals surface area contributed by atoms with E-state index in [0.29, 0.717) is 5.75 Å². The lowest BCUT2D eigenvalue weighted by molar-refractivity contribution is -0.385. The Kier molecular flexibility index (Phi) is 4.26. The van der Waals surface area contributed by atoms with Crippen LogP contribution >= 0.6 is 0 Å². The van der Waals surface area contributed by atoms with Crippen LogP contribution in [-0.4, -0.2) is 17.0 Å². The van der Waals surface area contributed by atoms with Crippen LogP contribution in [0.2, 0.25) is 0 Å². The molecule has 21 heavy (non-hydrogen) atoms. The Bertz CT molecular complexity index is 731. The van der Waals surface area contributed by atoms with Crippen LogP contribution in [0.25, 0.3) is 11.6 Å². The van der Waals surface area contributed by atoms with E-state index in [-0.39, 0.29) is 17.0 Å². The highest BCUT2D eigenvalue weighted by molar-refractivity contribution is 5.91. The van der Waals surface area contributed by atoms with E-state index >= 15 is 0 Å². The maximum atomic E-state index is 11.0. The average molecular weight is 281 g/mol. The van der Waals surface area contributed by atoms with Gasteiger partial charge in [-0.1, -0.05) is 12.1 Å². The minimum absolute atomic E-state index is 0.0563. The first-order chi connectivity index (χ1) is 10.2. The van der Waals surface area contributed by atoms with Gasteiger partial charge >= 0.3 is 0 Å². The smallest absolute Gasteiger partial charge is 0.296 e. The number of hydrogen-bond acceptors (Lipinski definition) is 5. The summed E-state index contributed by atoms with van der Waals surface area (Å²) < 4.78 is 5.05. The second-order valence-electron chi connectivity index (χ2n) is 4.07. The van der Waals surface area contributed by atoms with Gasteiger partial charge in [-0.3, -0.25) is 10.1 Å². The maximum absolute atomic E-state index is 11.0. The van der Waals surface area contributed by atoms with E-state index in [2.05, 4.69) is 4.98 Å². The molecule has 1 aromatic carbocycles. The van der Waals surface area contributed by atoms with Crippen molar-refractivity contribution in [1.29, 1.82) is 5.26 Å². The molecule has 1 heterocycles. The van der Waals surface area contributed by atoms with E-state index in [0.717, 1.165) is 5.56 Å². The minimum Gasteiger partial charge on any atom is -0.497 e. The van der Waals surface area contributed by atoms with Crippen molar-refractivity contribution in [2.24, 2.45) is 0 Å². The Morgan fingerprint density at radius 3 is 2.67 bits per heavy atom. The molecule has 0 radical (unpaired) electrons. The van der Waals surface area contributed by atoms with Crippen LogP contribution in [0.1, 0.15) is 11.3 Å². The summed E-state index contributed by atoms with van der Waals surface area (Å²) in [6.07, 6.45) is 2.97. The molecular weight excluding hydrogens is 270 g/mol. The van der Waals surface area contributed by atoms with Crippen molar-refractivity contribution < 1.29 is 9.66 Å². The third-order valence-electron chi connectivity index (χ3n) is 2.79. The number of hydrogen-bond donors (Lipinski definition) is 0. The first-order valence-electron chi connectivity index (χ1n) is 6.01. The standard InChI is InChI=1S/C15H11N3O3/c1-21-13-6-4-11(5-7-13)9-12(10-16)15-14(18(19)20)3-2-8-17-15/h2-9H,1H3/b12-9+. The molecule has 0 amide bonds. The van der Waals surface area contributed by atoms with Crippen molar-refractivity contribution in [3.8, 4) is 11.8 Å². The molecule has 0 bridgehead atoms. The maximum Gasteiger partial charge on any atom is 0.296 e. The Hall–Kier alpha value is -3.20. The number of aromatic nitrogens is 1. The molecule has 6 heteroatoms. The zero-order chi connectivity index (χ0) is 15.2. The second-order valence-corrected chi connectivity index (χ2v) is 4.07. The number of benzene rings is 1. The monoisotopic (exact) mass is 281 g/mol. The highest BCUT2D eigenvalue weighted by Crippen LogP contribution is 2.25. The van der Waals surface area contributed by atoms with E-state index in [1.54, 1.807) is 37.5 Å². The van der Waals surface area contributed by atoms with Crippen molar-refractivity contribution in [1.82, 2.24) is 4.98 Å². The van der Waals surface area contributed by atoms with Crippen LogP contribution in [-0.2, 0) is 0 Å². The molecule has 1 aromatic heterocycles. The van der Waals surface area contributed by atoms with E-state index in [1.807, 2.05) is 6.07 Å². The van der Waals surface area contributed by atoms with Crippen LogP contribution in [0.3, 0.4) is 0 Å². The molecule has 0 atom stereocenters. The van der Waals surface area contributed by atoms with Crippen LogP contribution < -0.4 is 4.74 Å². The van der Waals surface area contributed by atoms with Crippen molar-refractivity contribution in [2.45, 2.75) is 0 Å². The minimum atomic E-state index is -0.554. The number of nitro groups is 1. The lowest BCUT2D eigenvalue weighted by Gasteiger charge is -2.02. The number of nitrogens with zero attached hydrogens (tertiary/aromatic N) is 3. The predicted octanol–water partition coefficient (Wildman–Crippen LogP) is 3.06. The van der Waals surface area contributed by atoms with Gasteiger partial charge in [0, 0.05) is 12.3 Å². The third-order valence-corrected chi connectivity index (χ3v) is 2.79. The van der Waals surface area contributed by atoms with Gasteiger partial charge in [0.25, 0.3) is 5.69 Å². The number of methoxy groups -OCH3 is 1. The Morgan fingerprint density at radius 1 is 1.38 bits per heavy atom. The summed E-state index contributed by atoms with van der Waals surface area (Å²) in [7, 11) is 1.56. The van der Waals surface area contributed by atoms with Crippen molar-refractivity contribution in [3.63, 3.8) is 0 Å². The number of nitriles is 1. The van der Waals surface area contributed by atoms with Crippen LogP contribution in [0, 0.1) is 21.4 Å². The first-order valence-corrected chi connectivity index (χ1v) is 6.01. The van der Waals surface area contributed by atoms with Crippen LogP contribution in [0.15, 0.2) is 42.6 Å². The van der Waals surface area contributed by atoms with Gasteiger partial charge in [0.15, 0.2) is 5.69 Å². The van der Waals surface area contributed by atoms with Gasteiger partial charge in [0.2, 0.25) is 0 Å². The predicted molar refractivity (Wildman–Crippen MR) is 77.4 cm³/mol. The topological polar surface area (TPSA) is 89.0 Å². The van der Waals surface area contributed by atoms with Crippen molar-refractivity contribution in [3.05, 3.63) is 64.0 Å². The summed E-state index contributed by atoms with van der Waals surface area (Å²) in [5, 5.41) is 20.2. The van der Waals surface area contributed by atoms with E-state index < -0.39 is 4.92 Å². The molecule has 6 nitrogen and oxygen atoms in total. The third kappa shape index (κ3) is 3.22. The largest absolute Gasteiger partial charge is 0.497 e. The molecular formula is C15H11N3O3. The quantitative estimate of drug-likeness (QED) is 0.488. The summed E-state index contributed by atoms with van der Waals surface area (Å²) in [6, 6.07) is 11.7. The van der Waals surface area contributed by atoms with Gasteiger partial charge in [-0.15, -0.1) is 0 Å². The van der Waals surface area contributed by atoms with Gasteiger partial charge in [0.05, 0.1) is 17.6 Å². The SMILES string of the molecule is COc1ccc(/C=C(\C#N)c2ncccc2[N+](=O)[O-])cc1. The first kappa shape index (κ1) is 14.2. The Morgan fingerprint density at radius 2 is 2.10 bits per heavy atom. The number of rotatable bonds is 4. The molecule has 0 fully saturated rings. The fraction of sp³-hybridized carbons (Fsp3) is 0.0667. The summed E-state index contributed by atoms with van der Waals surface area (Å²) in [6.45, 7) is 0. The highest BCUT2D eigenvalue weighted by Gasteiger charge is 2.17. The molecule has 0 unspecified atom stereocenters. The number of pyridine rings is 1. The number of allylic oxidation sites excluding steroid dienone is 1. The van der Waals surface area contributed by atoms with E-state index in [9.17, 15) is 15.4 Å². The molecule has 0 aliphatic rings. The average Bonchev–Trinajstić information content (AvgIpc) is 2.53. The lowest BCUT2D eigenvalue weighted by Crippen LogP contribution is -1.96. The Labute approximate surface area is 121 Å². The van der Waals surface area contributed by atoms with Gasteiger partial charge in [-0.05, 0) is 29.8 Å². The van der Waals surface area contributed by atoms with Crippen molar-refractivity contribution >= 4 is 17.3 Å². The molecule has 0 aliphatic heterocycles. The van der Waals surface area contributed by atoms with E-state index in [4.69, 9.17) is 4.74 Å².